The van der Waals surface area contributed by atoms with Crippen LogP contribution >= 0.6 is 0 Å². The molecule has 0 aromatic heterocycles. The largest absolute Gasteiger partial charge is 0.481 e. The van der Waals surface area contributed by atoms with Gasteiger partial charge in [-0.25, -0.2) is 0 Å². The van der Waals surface area contributed by atoms with Crippen molar-refractivity contribution in [2.75, 3.05) is 0 Å². The first-order chi connectivity index (χ1) is 10.4. The summed E-state index contributed by atoms with van der Waals surface area (Å²) in [5.74, 6) is -2.19. The van der Waals surface area contributed by atoms with Crippen LogP contribution in [0.2, 0.25) is 0 Å². The first-order valence-electron chi connectivity index (χ1n) is 6.99. The van der Waals surface area contributed by atoms with E-state index in [9.17, 15) is 14.4 Å². The van der Waals surface area contributed by atoms with Gasteiger partial charge in [0.2, 0.25) is 11.8 Å². The molecular formula is C15H21N3O4. The molecule has 120 valence electrons. The van der Waals surface area contributed by atoms with Gasteiger partial charge in [-0.05, 0) is 18.9 Å². The van der Waals surface area contributed by atoms with Crippen LogP contribution in [0.3, 0.4) is 0 Å². The van der Waals surface area contributed by atoms with E-state index in [1.165, 1.54) is 0 Å². The molecule has 0 radical (unpaired) electrons. The van der Waals surface area contributed by atoms with Gasteiger partial charge in [0, 0.05) is 13.0 Å². The van der Waals surface area contributed by atoms with Gasteiger partial charge in [0.1, 0.15) is 6.04 Å². The lowest BCUT2D eigenvalue weighted by Crippen LogP contribution is -2.50. The number of aliphatic carboxylic acids is 1. The van der Waals surface area contributed by atoms with E-state index in [1.54, 1.807) is 6.92 Å². The zero-order chi connectivity index (χ0) is 16.5. The average molecular weight is 307 g/mol. The lowest BCUT2D eigenvalue weighted by Gasteiger charge is -2.19. The Labute approximate surface area is 128 Å². The molecule has 0 aliphatic heterocycles. The summed E-state index contributed by atoms with van der Waals surface area (Å²) in [7, 11) is 0. The second kappa shape index (κ2) is 8.78. The quantitative estimate of drug-likeness (QED) is 0.511. The van der Waals surface area contributed by atoms with E-state index in [2.05, 4.69) is 10.6 Å². The maximum atomic E-state index is 12.0. The molecule has 0 bridgehead atoms. The van der Waals surface area contributed by atoms with Gasteiger partial charge in [0.15, 0.2) is 0 Å². The van der Waals surface area contributed by atoms with Gasteiger partial charge in [0.05, 0.1) is 6.04 Å². The Morgan fingerprint density at radius 3 is 2.41 bits per heavy atom. The van der Waals surface area contributed by atoms with E-state index in [0.717, 1.165) is 5.56 Å². The van der Waals surface area contributed by atoms with Crippen molar-refractivity contribution >= 4 is 17.8 Å². The molecule has 2 amide bonds. The SMILES string of the molecule is CC(NCc1ccccc1)C(=O)NC(CCC(=O)O)C(N)=O. The number of rotatable bonds is 9. The van der Waals surface area contributed by atoms with Gasteiger partial charge in [-0.15, -0.1) is 0 Å². The Kier molecular flexibility index (Phi) is 7.04. The highest BCUT2D eigenvalue weighted by Gasteiger charge is 2.22. The number of amides is 2. The number of carboxylic acids is 1. The van der Waals surface area contributed by atoms with Crippen LogP contribution in [0.1, 0.15) is 25.3 Å². The summed E-state index contributed by atoms with van der Waals surface area (Å²) < 4.78 is 0. The molecule has 7 heteroatoms. The molecule has 0 aliphatic carbocycles. The highest BCUT2D eigenvalue weighted by molar-refractivity contribution is 5.89. The molecule has 0 fully saturated rings. The number of hydrogen-bond donors (Lipinski definition) is 4. The zero-order valence-corrected chi connectivity index (χ0v) is 12.4. The Hall–Kier alpha value is -2.41. The van der Waals surface area contributed by atoms with Gasteiger partial charge in [-0.3, -0.25) is 14.4 Å². The number of carboxylic acid groups (broad SMARTS) is 1. The number of primary amides is 1. The van der Waals surface area contributed by atoms with Crippen molar-refractivity contribution in [1.82, 2.24) is 10.6 Å². The van der Waals surface area contributed by atoms with E-state index >= 15 is 0 Å². The maximum absolute atomic E-state index is 12.0. The third kappa shape index (κ3) is 6.36. The molecule has 2 atom stereocenters. The number of benzene rings is 1. The number of nitrogens with one attached hydrogen (secondary N) is 2. The summed E-state index contributed by atoms with van der Waals surface area (Å²) in [5.41, 5.74) is 6.20. The van der Waals surface area contributed by atoms with E-state index in [0.29, 0.717) is 6.54 Å². The predicted molar refractivity (Wildman–Crippen MR) is 80.7 cm³/mol. The third-order valence-electron chi connectivity index (χ3n) is 3.16. The van der Waals surface area contributed by atoms with Crippen LogP contribution in [0.4, 0.5) is 0 Å². The van der Waals surface area contributed by atoms with Crippen LogP contribution in [0.5, 0.6) is 0 Å². The van der Waals surface area contributed by atoms with E-state index < -0.39 is 29.9 Å². The number of carbonyl (C=O) groups excluding carboxylic acids is 2. The van der Waals surface area contributed by atoms with Crippen molar-refractivity contribution in [3.8, 4) is 0 Å². The van der Waals surface area contributed by atoms with Gasteiger partial charge in [-0.2, -0.15) is 0 Å². The molecule has 1 rings (SSSR count). The topological polar surface area (TPSA) is 122 Å². The van der Waals surface area contributed by atoms with Crippen LogP contribution < -0.4 is 16.4 Å². The van der Waals surface area contributed by atoms with E-state index in [4.69, 9.17) is 10.8 Å². The minimum atomic E-state index is -1.05. The van der Waals surface area contributed by atoms with Crippen molar-refractivity contribution in [2.24, 2.45) is 5.73 Å². The zero-order valence-electron chi connectivity index (χ0n) is 12.4. The molecule has 0 spiro atoms. The Morgan fingerprint density at radius 2 is 1.86 bits per heavy atom. The lowest BCUT2D eigenvalue weighted by molar-refractivity contribution is -0.137. The van der Waals surface area contributed by atoms with Crippen molar-refractivity contribution in [1.29, 1.82) is 0 Å². The van der Waals surface area contributed by atoms with E-state index in [1.807, 2.05) is 30.3 Å². The molecule has 0 saturated carbocycles. The van der Waals surface area contributed by atoms with Crippen LogP contribution in [0.25, 0.3) is 0 Å². The highest BCUT2D eigenvalue weighted by atomic mass is 16.4. The van der Waals surface area contributed by atoms with Crippen LogP contribution in [0, 0.1) is 0 Å². The fourth-order valence-corrected chi connectivity index (χ4v) is 1.81. The van der Waals surface area contributed by atoms with Crippen LogP contribution in [-0.2, 0) is 20.9 Å². The van der Waals surface area contributed by atoms with Crippen LogP contribution in [-0.4, -0.2) is 35.0 Å². The summed E-state index contributed by atoms with van der Waals surface area (Å²) in [6.07, 6.45) is -0.262. The lowest BCUT2D eigenvalue weighted by atomic mass is 10.1. The second-order valence-corrected chi connectivity index (χ2v) is 4.98. The number of carbonyl (C=O) groups is 3. The summed E-state index contributed by atoms with van der Waals surface area (Å²) in [5, 5.41) is 14.1. The summed E-state index contributed by atoms with van der Waals surface area (Å²) in [6, 6.07) is 8.04. The normalized spacial score (nSPS) is 13.1. The molecule has 7 nitrogen and oxygen atoms in total. The summed E-state index contributed by atoms with van der Waals surface area (Å²) >= 11 is 0. The first kappa shape index (κ1) is 17.6. The van der Waals surface area contributed by atoms with Crippen LogP contribution in [0.15, 0.2) is 30.3 Å². The standard InChI is InChI=1S/C15H21N3O4/c1-10(17-9-11-5-3-2-4-6-11)15(22)18-12(14(16)21)7-8-13(19)20/h2-6,10,12,17H,7-9H2,1H3,(H2,16,21)(H,18,22)(H,19,20). The first-order valence-corrected chi connectivity index (χ1v) is 6.99. The van der Waals surface area contributed by atoms with Gasteiger partial charge in [0.25, 0.3) is 0 Å². The van der Waals surface area contributed by atoms with Crippen molar-refractivity contribution < 1.29 is 19.5 Å². The average Bonchev–Trinajstić information content (AvgIpc) is 2.49. The molecule has 0 heterocycles. The fourth-order valence-electron chi connectivity index (χ4n) is 1.81. The highest BCUT2D eigenvalue weighted by Crippen LogP contribution is 2.00. The van der Waals surface area contributed by atoms with Gasteiger partial charge in [-0.1, -0.05) is 30.3 Å². The monoisotopic (exact) mass is 307 g/mol. The smallest absolute Gasteiger partial charge is 0.303 e. The maximum Gasteiger partial charge on any atom is 0.303 e. The molecule has 5 N–H and O–H groups in total. The molecule has 0 saturated heterocycles. The molecular weight excluding hydrogens is 286 g/mol. The Bertz CT molecular complexity index is 519. The molecule has 1 aromatic carbocycles. The molecule has 1 aromatic rings. The predicted octanol–water partition coefficient (Wildman–Crippen LogP) is -0.000400. The second-order valence-electron chi connectivity index (χ2n) is 4.98. The molecule has 22 heavy (non-hydrogen) atoms. The van der Waals surface area contributed by atoms with Crippen molar-refractivity contribution in [3.05, 3.63) is 35.9 Å². The minimum Gasteiger partial charge on any atom is -0.481 e. The fraction of sp³-hybridized carbons (Fsp3) is 0.400. The number of hydrogen-bond acceptors (Lipinski definition) is 4. The third-order valence-corrected chi connectivity index (χ3v) is 3.16. The summed E-state index contributed by atoms with van der Waals surface area (Å²) in [6.45, 7) is 2.17. The van der Waals surface area contributed by atoms with Gasteiger partial charge < -0.3 is 21.5 Å². The number of nitrogens with two attached hydrogens (primary N) is 1. The van der Waals surface area contributed by atoms with Crippen molar-refractivity contribution in [2.45, 2.75) is 38.4 Å². The van der Waals surface area contributed by atoms with Gasteiger partial charge >= 0.3 is 5.97 Å². The Morgan fingerprint density at radius 1 is 1.23 bits per heavy atom. The Balaban J connectivity index is 2.46. The summed E-state index contributed by atoms with van der Waals surface area (Å²) in [4.78, 5) is 33.8. The molecule has 0 aliphatic rings. The molecule has 2 unspecified atom stereocenters. The van der Waals surface area contributed by atoms with Crippen molar-refractivity contribution in [3.63, 3.8) is 0 Å². The van der Waals surface area contributed by atoms with E-state index in [-0.39, 0.29) is 12.8 Å². The minimum absolute atomic E-state index is 0.0260.